The van der Waals surface area contributed by atoms with Crippen LogP contribution in [0.5, 0.6) is 5.75 Å². The molecule has 0 radical (unpaired) electrons. The zero-order valence-corrected chi connectivity index (χ0v) is 18.6. The molecule has 0 fully saturated rings. The van der Waals surface area contributed by atoms with Crippen LogP contribution in [-0.2, 0) is 17.6 Å². The van der Waals surface area contributed by atoms with E-state index in [0.717, 1.165) is 63.3 Å². The lowest BCUT2D eigenvalue weighted by molar-refractivity contribution is -0.132. The van der Waals surface area contributed by atoms with E-state index >= 15 is 0 Å². The molecule has 0 amide bonds. The second-order valence-electron chi connectivity index (χ2n) is 8.02. The summed E-state index contributed by atoms with van der Waals surface area (Å²) in [6.07, 6.45) is 5.54. The molecule has 3 aliphatic rings. The van der Waals surface area contributed by atoms with Crippen molar-refractivity contribution >= 4 is 45.1 Å². The summed E-state index contributed by atoms with van der Waals surface area (Å²) in [4.78, 5) is 19.4. The fraction of sp³-hybridized carbons (Fsp3) is 0.333. The van der Waals surface area contributed by atoms with Crippen molar-refractivity contribution in [3.8, 4) is 5.75 Å². The number of nitrogens with zero attached hydrogens (tertiary/aromatic N) is 2. The lowest BCUT2D eigenvalue weighted by Crippen LogP contribution is -2.49. The predicted molar refractivity (Wildman–Crippen MR) is 121 cm³/mol. The molecule has 0 aromatic heterocycles. The Morgan fingerprint density at radius 3 is 2.93 bits per heavy atom. The van der Waals surface area contributed by atoms with Crippen LogP contribution in [0.3, 0.4) is 0 Å². The Hall–Kier alpha value is -2.60. The van der Waals surface area contributed by atoms with Gasteiger partial charge in [-0.3, -0.25) is 4.99 Å². The smallest absolute Gasteiger partial charge is 0.352 e. The number of ether oxygens (including phenoxy) is 1. The van der Waals surface area contributed by atoms with Crippen LogP contribution in [0.15, 0.2) is 33.7 Å². The summed E-state index contributed by atoms with van der Waals surface area (Å²) in [5.74, 6) is -0.0365. The molecule has 0 saturated carbocycles. The number of hydrogen-bond donors (Lipinski definition) is 1. The Morgan fingerprint density at radius 2 is 2.20 bits per heavy atom. The van der Waals surface area contributed by atoms with Crippen LogP contribution in [0.4, 0.5) is 5.69 Å². The van der Waals surface area contributed by atoms with Crippen LogP contribution in [0.1, 0.15) is 42.5 Å². The molecule has 1 unspecified atom stereocenters. The van der Waals surface area contributed by atoms with Crippen LogP contribution >= 0.6 is 15.9 Å². The topological polar surface area (TPSA) is 62.1 Å². The molecule has 2 aromatic carbocycles. The molecule has 3 heterocycles. The third kappa shape index (κ3) is 2.88. The van der Waals surface area contributed by atoms with Crippen molar-refractivity contribution in [3.63, 3.8) is 0 Å². The van der Waals surface area contributed by atoms with E-state index in [1.54, 1.807) is 7.11 Å². The summed E-state index contributed by atoms with van der Waals surface area (Å²) in [5.41, 5.74) is 5.76. The van der Waals surface area contributed by atoms with Crippen LogP contribution in [0.2, 0.25) is 0 Å². The summed E-state index contributed by atoms with van der Waals surface area (Å²) >= 11 is 3.72. The lowest BCUT2D eigenvalue weighted by atomic mass is 9.84. The number of aliphatic carboxylic acids is 1. The number of hydrogen-bond acceptors (Lipinski definition) is 4. The molecule has 0 spiro atoms. The fourth-order valence-corrected chi connectivity index (χ4v) is 5.59. The number of carbonyl (C=O) groups is 1. The number of rotatable bonds is 4. The highest BCUT2D eigenvalue weighted by Gasteiger charge is 2.37. The number of halogens is 1. The Balaban J connectivity index is 1.75. The summed E-state index contributed by atoms with van der Waals surface area (Å²) < 4.78 is 6.33. The molecule has 5 rings (SSSR count). The van der Waals surface area contributed by atoms with Gasteiger partial charge in [-0.2, -0.15) is 0 Å². The van der Waals surface area contributed by atoms with Gasteiger partial charge < -0.3 is 14.7 Å². The maximum atomic E-state index is 12.5. The monoisotopic (exact) mass is 466 g/mol. The molecular weight excluding hydrogens is 444 g/mol. The molecule has 1 atom stereocenters. The van der Waals surface area contributed by atoms with E-state index in [9.17, 15) is 9.90 Å². The number of aliphatic imine (C=N–C) groups is 1. The molecule has 0 bridgehead atoms. The van der Waals surface area contributed by atoms with Crippen molar-refractivity contribution in [1.82, 2.24) is 4.90 Å². The van der Waals surface area contributed by atoms with Crippen molar-refractivity contribution in [2.24, 2.45) is 4.99 Å². The minimum absolute atomic E-state index is 0.00467. The quantitative estimate of drug-likeness (QED) is 0.748. The van der Waals surface area contributed by atoms with E-state index < -0.39 is 5.97 Å². The normalized spacial score (nSPS) is 18.6. The zero-order valence-electron chi connectivity index (χ0n) is 17.0. The number of fused-ring (bicyclic) bond motifs is 6. The molecule has 5 nitrogen and oxygen atoms in total. The van der Waals surface area contributed by atoms with Gasteiger partial charge in [0.25, 0.3) is 0 Å². The Labute approximate surface area is 183 Å². The van der Waals surface area contributed by atoms with Crippen LogP contribution < -0.4 is 15.2 Å². The van der Waals surface area contributed by atoms with Crippen molar-refractivity contribution in [2.45, 2.75) is 38.6 Å². The fourth-order valence-electron chi connectivity index (χ4n) is 5.01. The summed E-state index contributed by atoms with van der Waals surface area (Å²) in [6, 6.07) is 8.18. The van der Waals surface area contributed by atoms with Crippen molar-refractivity contribution in [3.05, 3.63) is 55.9 Å². The van der Waals surface area contributed by atoms with Gasteiger partial charge in [-0.1, -0.05) is 35.3 Å². The largest absolute Gasteiger partial charge is 0.497 e. The highest BCUT2D eigenvalue weighted by atomic mass is 79.9. The Morgan fingerprint density at radius 1 is 1.37 bits per heavy atom. The van der Waals surface area contributed by atoms with Gasteiger partial charge in [0, 0.05) is 27.2 Å². The van der Waals surface area contributed by atoms with E-state index in [0.29, 0.717) is 12.2 Å². The second-order valence-corrected chi connectivity index (χ2v) is 8.88. The number of carboxylic acids is 1. The molecule has 0 aliphatic carbocycles. The van der Waals surface area contributed by atoms with Gasteiger partial charge >= 0.3 is 5.97 Å². The maximum absolute atomic E-state index is 12.5. The first-order valence-electron chi connectivity index (χ1n) is 10.3. The van der Waals surface area contributed by atoms with Gasteiger partial charge in [0.1, 0.15) is 11.4 Å². The zero-order chi connectivity index (χ0) is 21.0. The predicted octanol–water partition coefficient (Wildman–Crippen LogP) is 3.47. The van der Waals surface area contributed by atoms with Crippen LogP contribution in [0, 0.1) is 0 Å². The van der Waals surface area contributed by atoms with Crippen molar-refractivity contribution < 1.29 is 14.6 Å². The summed E-state index contributed by atoms with van der Waals surface area (Å²) in [5, 5.41) is 12.1. The molecule has 2 aromatic rings. The number of benzene rings is 2. The Bertz CT molecular complexity index is 1230. The van der Waals surface area contributed by atoms with Crippen molar-refractivity contribution in [1.29, 1.82) is 0 Å². The number of carboxylic acid groups (broad SMARTS) is 1. The first-order valence-corrected chi connectivity index (χ1v) is 11.1. The van der Waals surface area contributed by atoms with Gasteiger partial charge in [0.05, 0.1) is 18.8 Å². The average Bonchev–Trinajstić information content (AvgIpc) is 3.14. The van der Waals surface area contributed by atoms with Crippen molar-refractivity contribution in [2.75, 3.05) is 13.7 Å². The van der Waals surface area contributed by atoms with E-state index in [1.165, 1.54) is 11.1 Å². The van der Waals surface area contributed by atoms with E-state index in [1.807, 2.05) is 12.1 Å². The molecule has 3 aliphatic heterocycles. The Kier molecular flexibility index (Phi) is 4.69. The lowest BCUT2D eigenvalue weighted by Gasteiger charge is -2.42. The molecular formula is C24H23BrN2O3. The second kappa shape index (κ2) is 7.27. The van der Waals surface area contributed by atoms with Crippen LogP contribution in [-0.4, -0.2) is 35.3 Å². The molecule has 1 N–H and O–H groups in total. The minimum atomic E-state index is -0.879. The third-order valence-corrected chi connectivity index (χ3v) is 7.02. The van der Waals surface area contributed by atoms with Gasteiger partial charge in [0.2, 0.25) is 0 Å². The van der Waals surface area contributed by atoms with Crippen LogP contribution in [0.25, 0.3) is 11.8 Å². The van der Waals surface area contributed by atoms with E-state index in [-0.39, 0.29) is 6.04 Å². The SMILES string of the molecule is CCCC1=Nc2cc(Br)c3c(c2=C1)=C(C(=O)O)N1CCc2cc(OC)ccc2C1C3. The van der Waals surface area contributed by atoms with Gasteiger partial charge in [-0.15, -0.1) is 0 Å². The highest BCUT2D eigenvalue weighted by molar-refractivity contribution is 9.10. The molecule has 30 heavy (non-hydrogen) atoms. The molecule has 154 valence electrons. The molecule has 6 heteroatoms. The highest BCUT2D eigenvalue weighted by Crippen LogP contribution is 2.39. The number of methoxy groups -OCH3 is 1. The van der Waals surface area contributed by atoms with E-state index in [2.05, 4.69) is 46.0 Å². The van der Waals surface area contributed by atoms with Gasteiger partial charge in [0.15, 0.2) is 0 Å². The first-order chi connectivity index (χ1) is 14.5. The average molecular weight is 467 g/mol. The minimum Gasteiger partial charge on any atom is -0.497 e. The third-order valence-electron chi connectivity index (χ3n) is 6.31. The summed E-state index contributed by atoms with van der Waals surface area (Å²) in [7, 11) is 1.67. The van der Waals surface area contributed by atoms with E-state index in [4.69, 9.17) is 9.73 Å². The maximum Gasteiger partial charge on any atom is 0.352 e. The molecule has 0 saturated heterocycles. The first kappa shape index (κ1) is 19.4. The van der Waals surface area contributed by atoms with Gasteiger partial charge in [-0.05, 0) is 60.2 Å². The van der Waals surface area contributed by atoms with Gasteiger partial charge in [-0.25, -0.2) is 4.79 Å². The summed E-state index contributed by atoms with van der Waals surface area (Å²) in [6.45, 7) is 2.81. The standard InChI is InChI=1S/C24H23BrN2O3/c1-3-4-14-10-18-20(26-14)12-19(25)17-11-21-16-6-5-15(30-2)9-13(16)7-8-27(21)23(22(17)18)24(28)29/h5-6,9-10,12,21H,3-4,7-8,11H2,1-2H3,(H,28,29).